The molecule has 1 amide bonds. The van der Waals surface area contributed by atoms with E-state index in [-0.39, 0.29) is 29.4 Å². The fourth-order valence-corrected chi connectivity index (χ4v) is 4.30. The third-order valence-electron chi connectivity index (χ3n) is 6.05. The van der Waals surface area contributed by atoms with Crippen molar-refractivity contribution in [1.29, 1.82) is 0 Å². The Morgan fingerprint density at radius 3 is 2.28 bits per heavy atom. The van der Waals surface area contributed by atoms with E-state index in [1.165, 1.54) is 12.1 Å². The SMILES string of the molecule is COc1ccc(C2C(CCC(C=O)c3ccc(F)cc3)C(=O)N2c2ccc(O)cc2)cc1. The first-order valence-corrected chi connectivity index (χ1v) is 10.5. The van der Waals surface area contributed by atoms with Crippen molar-refractivity contribution in [2.75, 3.05) is 12.0 Å². The molecule has 0 radical (unpaired) electrons. The number of carbonyl (C=O) groups excluding carboxylic acids is 2. The lowest BCUT2D eigenvalue weighted by atomic mass is 9.77. The summed E-state index contributed by atoms with van der Waals surface area (Å²) in [6, 6.07) is 19.8. The van der Waals surface area contributed by atoms with Crippen LogP contribution < -0.4 is 9.64 Å². The van der Waals surface area contributed by atoms with Crippen LogP contribution in [0.1, 0.15) is 35.9 Å². The highest BCUT2D eigenvalue weighted by Gasteiger charge is 2.48. The number of hydrogen-bond acceptors (Lipinski definition) is 4. The molecule has 1 aliphatic heterocycles. The van der Waals surface area contributed by atoms with Gasteiger partial charge < -0.3 is 19.5 Å². The smallest absolute Gasteiger partial charge is 0.233 e. The number of halogens is 1. The highest BCUT2D eigenvalue weighted by atomic mass is 19.1. The average Bonchev–Trinajstić information content (AvgIpc) is 2.82. The van der Waals surface area contributed by atoms with Crippen LogP contribution in [0, 0.1) is 11.7 Å². The van der Waals surface area contributed by atoms with Crippen LogP contribution in [0.4, 0.5) is 10.1 Å². The molecule has 3 unspecified atom stereocenters. The van der Waals surface area contributed by atoms with Crippen molar-refractivity contribution in [2.45, 2.75) is 24.8 Å². The van der Waals surface area contributed by atoms with Gasteiger partial charge in [-0.3, -0.25) is 4.79 Å². The maximum absolute atomic E-state index is 13.2. The molecule has 1 saturated heterocycles. The van der Waals surface area contributed by atoms with E-state index in [1.807, 2.05) is 24.3 Å². The van der Waals surface area contributed by atoms with Crippen LogP contribution >= 0.6 is 0 Å². The van der Waals surface area contributed by atoms with E-state index in [2.05, 4.69) is 0 Å². The van der Waals surface area contributed by atoms with Gasteiger partial charge in [-0.25, -0.2) is 4.39 Å². The van der Waals surface area contributed by atoms with Crippen molar-refractivity contribution in [3.8, 4) is 11.5 Å². The number of rotatable bonds is 8. The Kier molecular flexibility index (Phi) is 6.21. The van der Waals surface area contributed by atoms with Gasteiger partial charge in [-0.15, -0.1) is 0 Å². The molecule has 6 heteroatoms. The van der Waals surface area contributed by atoms with Crippen molar-refractivity contribution >= 4 is 17.9 Å². The molecule has 1 fully saturated rings. The fourth-order valence-electron chi connectivity index (χ4n) is 4.30. The molecule has 1 N–H and O–H groups in total. The number of carbonyl (C=O) groups is 2. The molecular formula is C26H24FNO4. The summed E-state index contributed by atoms with van der Waals surface area (Å²) in [4.78, 5) is 26.6. The zero-order chi connectivity index (χ0) is 22.7. The van der Waals surface area contributed by atoms with E-state index in [1.54, 1.807) is 48.4 Å². The first-order chi connectivity index (χ1) is 15.5. The Morgan fingerprint density at radius 2 is 1.69 bits per heavy atom. The average molecular weight is 433 g/mol. The Hall–Kier alpha value is -3.67. The maximum Gasteiger partial charge on any atom is 0.233 e. The number of amides is 1. The Bertz CT molecular complexity index is 1080. The Morgan fingerprint density at radius 1 is 1.03 bits per heavy atom. The molecule has 3 aromatic carbocycles. The highest BCUT2D eigenvalue weighted by Crippen LogP contribution is 2.46. The highest BCUT2D eigenvalue weighted by molar-refractivity contribution is 6.03. The molecule has 0 bridgehead atoms. The minimum absolute atomic E-state index is 0.0275. The zero-order valence-electron chi connectivity index (χ0n) is 17.6. The van der Waals surface area contributed by atoms with Crippen LogP contribution in [-0.4, -0.2) is 24.4 Å². The van der Waals surface area contributed by atoms with Gasteiger partial charge in [0.15, 0.2) is 0 Å². The lowest BCUT2D eigenvalue weighted by molar-refractivity contribution is -0.131. The third-order valence-corrected chi connectivity index (χ3v) is 6.05. The molecule has 0 aliphatic carbocycles. The summed E-state index contributed by atoms with van der Waals surface area (Å²) in [5.74, 6) is -0.212. The minimum Gasteiger partial charge on any atom is -0.508 e. The largest absolute Gasteiger partial charge is 0.508 e. The van der Waals surface area contributed by atoms with Crippen molar-refractivity contribution in [2.24, 2.45) is 5.92 Å². The summed E-state index contributed by atoms with van der Waals surface area (Å²) in [5, 5.41) is 9.61. The number of methoxy groups -OCH3 is 1. The summed E-state index contributed by atoms with van der Waals surface area (Å²) < 4.78 is 18.5. The van der Waals surface area contributed by atoms with Crippen LogP contribution in [0.3, 0.4) is 0 Å². The van der Waals surface area contributed by atoms with Gasteiger partial charge in [-0.05, 0) is 72.5 Å². The van der Waals surface area contributed by atoms with Crippen LogP contribution in [0.5, 0.6) is 11.5 Å². The predicted molar refractivity (Wildman–Crippen MR) is 119 cm³/mol. The number of aldehydes is 1. The second-order valence-electron chi connectivity index (χ2n) is 7.92. The second-order valence-corrected chi connectivity index (χ2v) is 7.92. The molecule has 0 aromatic heterocycles. The topological polar surface area (TPSA) is 66.8 Å². The first kappa shape index (κ1) is 21.6. The van der Waals surface area contributed by atoms with Gasteiger partial charge in [0.2, 0.25) is 5.91 Å². The van der Waals surface area contributed by atoms with Crippen molar-refractivity contribution in [3.05, 3.63) is 89.7 Å². The lowest BCUT2D eigenvalue weighted by Crippen LogP contribution is -2.55. The standard InChI is InChI=1S/C26H24FNO4/c1-32-23-13-4-18(5-14-23)25-24(26(31)28(25)21-9-11-22(30)12-10-21)15-6-19(16-29)17-2-7-20(27)8-3-17/h2-5,7-14,16,19,24-25,30H,6,15H2,1H3. The minimum atomic E-state index is -0.400. The molecule has 5 nitrogen and oxygen atoms in total. The van der Waals surface area contributed by atoms with E-state index in [4.69, 9.17) is 4.74 Å². The monoisotopic (exact) mass is 433 g/mol. The molecule has 164 valence electrons. The van der Waals surface area contributed by atoms with E-state index < -0.39 is 5.92 Å². The molecule has 1 heterocycles. The number of hydrogen-bond donors (Lipinski definition) is 1. The van der Waals surface area contributed by atoms with Crippen LogP contribution in [0.2, 0.25) is 0 Å². The molecule has 32 heavy (non-hydrogen) atoms. The van der Waals surface area contributed by atoms with Crippen LogP contribution in [0.25, 0.3) is 0 Å². The molecule has 3 aromatic rings. The Balaban J connectivity index is 1.57. The van der Waals surface area contributed by atoms with Crippen LogP contribution in [-0.2, 0) is 9.59 Å². The van der Waals surface area contributed by atoms with Crippen molar-refractivity contribution < 1.29 is 23.8 Å². The molecule has 1 aliphatic rings. The van der Waals surface area contributed by atoms with Gasteiger partial charge in [-0.1, -0.05) is 24.3 Å². The number of β-lactam (4-membered cyclic amide) rings is 1. The third kappa shape index (κ3) is 4.21. The summed E-state index contributed by atoms with van der Waals surface area (Å²) in [5.41, 5.74) is 2.41. The van der Waals surface area contributed by atoms with Gasteiger partial charge in [-0.2, -0.15) is 0 Å². The number of nitrogens with zero attached hydrogens (tertiary/aromatic N) is 1. The van der Waals surface area contributed by atoms with E-state index in [9.17, 15) is 19.1 Å². The van der Waals surface area contributed by atoms with Gasteiger partial charge in [0.1, 0.15) is 23.6 Å². The molecule has 4 rings (SSSR count). The zero-order valence-corrected chi connectivity index (χ0v) is 17.6. The van der Waals surface area contributed by atoms with Crippen molar-refractivity contribution in [3.63, 3.8) is 0 Å². The van der Waals surface area contributed by atoms with Crippen molar-refractivity contribution in [1.82, 2.24) is 0 Å². The number of anilines is 1. The Labute approximate surface area is 186 Å². The van der Waals surface area contributed by atoms with Gasteiger partial charge in [0.25, 0.3) is 0 Å². The second kappa shape index (κ2) is 9.22. The van der Waals surface area contributed by atoms with Crippen LogP contribution in [0.15, 0.2) is 72.8 Å². The van der Waals surface area contributed by atoms with Gasteiger partial charge in [0, 0.05) is 11.6 Å². The van der Waals surface area contributed by atoms with E-state index in [0.717, 1.165) is 23.2 Å². The molecule has 3 atom stereocenters. The van der Waals surface area contributed by atoms with Gasteiger partial charge >= 0.3 is 0 Å². The normalized spacial score (nSPS) is 18.7. The summed E-state index contributed by atoms with van der Waals surface area (Å²) >= 11 is 0. The van der Waals surface area contributed by atoms with E-state index in [0.29, 0.717) is 18.5 Å². The maximum atomic E-state index is 13.2. The lowest BCUT2D eigenvalue weighted by Gasteiger charge is -2.48. The molecular weight excluding hydrogens is 409 g/mol. The number of phenols is 1. The summed E-state index contributed by atoms with van der Waals surface area (Å²) in [7, 11) is 1.60. The first-order valence-electron chi connectivity index (χ1n) is 10.5. The summed E-state index contributed by atoms with van der Waals surface area (Å²) in [6.45, 7) is 0. The van der Waals surface area contributed by atoms with E-state index >= 15 is 0 Å². The fraction of sp³-hybridized carbons (Fsp3) is 0.231. The predicted octanol–water partition coefficient (Wildman–Crippen LogP) is 5.01. The molecule has 0 saturated carbocycles. The van der Waals surface area contributed by atoms with Gasteiger partial charge in [0.05, 0.1) is 19.1 Å². The number of benzene rings is 3. The summed E-state index contributed by atoms with van der Waals surface area (Å²) in [6.07, 6.45) is 1.86. The quantitative estimate of drug-likeness (QED) is 0.401. The number of phenolic OH excluding ortho intramolecular Hbond substituents is 1. The molecule has 0 spiro atoms. The number of aromatic hydroxyl groups is 1. The number of ether oxygens (including phenoxy) is 1.